The Kier molecular flexibility index (Phi) is 13.5. The third-order valence-corrected chi connectivity index (χ3v) is 7.28. The molecular formula is C25H37Cl3N4O2S. The molecule has 1 aliphatic rings. The molecule has 0 radical (unpaired) electrons. The van der Waals surface area contributed by atoms with Gasteiger partial charge in [-0.25, -0.2) is 9.99 Å². The van der Waals surface area contributed by atoms with E-state index in [1.807, 2.05) is 6.07 Å². The van der Waals surface area contributed by atoms with E-state index < -0.39 is 0 Å². The molecule has 35 heavy (non-hydrogen) atoms. The highest BCUT2D eigenvalue weighted by Gasteiger charge is 2.26. The van der Waals surface area contributed by atoms with Gasteiger partial charge in [-0.2, -0.15) is 0 Å². The number of benzene rings is 2. The molecule has 6 nitrogen and oxygen atoms in total. The number of hydrazine groups is 1. The second-order valence-electron chi connectivity index (χ2n) is 8.73. The number of anilines is 1. The number of unbranched alkanes of at least 4 members (excludes halogenated alkanes) is 3. The smallest absolute Gasteiger partial charge is 0.181 e. The van der Waals surface area contributed by atoms with Crippen LogP contribution in [0.15, 0.2) is 30.3 Å². The van der Waals surface area contributed by atoms with Gasteiger partial charge in [-0.1, -0.05) is 49.7 Å². The summed E-state index contributed by atoms with van der Waals surface area (Å²) in [5.41, 5.74) is 13.9. The van der Waals surface area contributed by atoms with Crippen LogP contribution in [0.3, 0.4) is 0 Å². The van der Waals surface area contributed by atoms with Crippen molar-refractivity contribution in [3.05, 3.63) is 47.0 Å². The lowest BCUT2D eigenvalue weighted by atomic mass is 9.87. The second kappa shape index (κ2) is 14.9. The summed E-state index contributed by atoms with van der Waals surface area (Å²) in [6.07, 6.45) is 8.51. The van der Waals surface area contributed by atoms with Crippen molar-refractivity contribution in [3.8, 4) is 11.5 Å². The number of phenolic OH excluding ortho intramolecular Hbond substituents is 2. The topological polar surface area (TPSA) is 94.6 Å². The Labute approximate surface area is 230 Å². The lowest BCUT2D eigenvalue weighted by Gasteiger charge is -2.36. The molecule has 0 spiro atoms. The third kappa shape index (κ3) is 8.00. The van der Waals surface area contributed by atoms with Crippen LogP contribution in [0.1, 0.15) is 55.7 Å². The van der Waals surface area contributed by atoms with E-state index in [1.54, 1.807) is 6.07 Å². The third-order valence-electron chi connectivity index (χ3n) is 6.43. The molecule has 0 saturated carbocycles. The van der Waals surface area contributed by atoms with Crippen molar-refractivity contribution in [2.75, 3.05) is 18.8 Å². The van der Waals surface area contributed by atoms with Gasteiger partial charge < -0.3 is 15.9 Å². The number of thiazole rings is 1. The van der Waals surface area contributed by atoms with E-state index in [0.717, 1.165) is 60.1 Å². The second-order valence-corrected chi connectivity index (χ2v) is 9.80. The van der Waals surface area contributed by atoms with E-state index in [0.29, 0.717) is 11.2 Å². The van der Waals surface area contributed by atoms with Gasteiger partial charge in [-0.15, -0.1) is 37.2 Å². The molecule has 3 aromatic rings. The van der Waals surface area contributed by atoms with Crippen LogP contribution in [0.2, 0.25) is 0 Å². The van der Waals surface area contributed by atoms with Gasteiger partial charge in [0.15, 0.2) is 16.6 Å². The van der Waals surface area contributed by atoms with Crippen LogP contribution >= 0.6 is 48.6 Å². The summed E-state index contributed by atoms with van der Waals surface area (Å²) in [6, 6.07) is 10.3. The normalized spacial score (nSPS) is 14.6. The van der Waals surface area contributed by atoms with E-state index in [4.69, 9.17) is 5.73 Å². The number of nitrogen functional groups attached to an aromatic ring is 1. The average Bonchev–Trinajstić information content (AvgIpc) is 3.17. The molecule has 1 atom stereocenters. The van der Waals surface area contributed by atoms with E-state index in [9.17, 15) is 10.2 Å². The van der Waals surface area contributed by atoms with Gasteiger partial charge >= 0.3 is 0 Å². The lowest BCUT2D eigenvalue weighted by molar-refractivity contribution is 0.109. The molecule has 0 saturated heterocycles. The Morgan fingerprint density at radius 2 is 1.91 bits per heavy atom. The first kappa shape index (κ1) is 31.5. The van der Waals surface area contributed by atoms with Gasteiger partial charge in [0.2, 0.25) is 0 Å². The zero-order valence-electron chi connectivity index (χ0n) is 20.0. The van der Waals surface area contributed by atoms with Gasteiger partial charge in [0.1, 0.15) is 0 Å². The minimum atomic E-state index is -0.0172. The summed E-state index contributed by atoms with van der Waals surface area (Å²) in [5, 5.41) is 23.1. The Morgan fingerprint density at radius 1 is 1.11 bits per heavy atom. The first-order chi connectivity index (χ1) is 15.5. The summed E-state index contributed by atoms with van der Waals surface area (Å²) in [7, 11) is 0. The maximum absolute atomic E-state index is 10.2. The molecule has 1 aromatic heterocycles. The van der Waals surface area contributed by atoms with E-state index in [-0.39, 0.29) is 48.7 Å². The fraction of sp³-hybridized carbons (Fsp3) is 0.480. The molecule has 0 bridgehead atoms. The van der Waals surface area contributed by atoms with Crippen molar-refractivity contribution in [1.29, 1.82) is 0 Å². The number of nitrogens with one attached hydrogen (secondary N) is 1. The van der Waals surface area contributed by atoms with Crippen LogP contribution in [-0.4, -0.2) is 39.3 Å². The van der Waals surface area contributed by atoms with E-state index >= 15 is 0 Å². The van der Waals surface area contributed by atoms with Gasteiger partial charge in [-0.3, -0.25) is 5.43 Å². The first-order valence-electron chi connectivity index (χ1n) is 11.7. The van der Waals surface area contributed by atoms with Crippen LogP contribution in [-0.2, 0) is 19.3 Å². The number of fused-ring (bicyclic) bond motifs is 2. The molecule has 196 valence electrons. The number of halogens is 3. The maximum Gasteiger partial charge on any atom is 0.181 e. The predicted molar refractivity (Wildman–Crippen MR) is 154 cm³/mol. The van der Waals surface area contributed by atoms with Gasteiger partial charge in [-0.05, 0) is 61.4 Å². The lowest BCUT2D eigenvalue weighted by Crippen LogP contribution is -2.49. The van der Waals surface area contributed by atoms with Gasteiger partial charge in [0, 0.05) is 24.7 Å². The van der Waals surface area contributed by atoms with Crippen molar-refractivity contribution in [2.24, 2.45) is 0 Å². The maximum atomic E-state index is 10.2. The molecule has 1 aliphatic carbocycles. The number of rotatable bonds is 10. The zero-order valence-corrected chi connectivity index (χ0v) is 23.3. The quantitative estimate of drug-likeness (QED) is 0.136. The highest BCUT2D eigenvalue weighted by molar-refractivity contribution is 7.22. The van der Waals surface area contributed by atoms with Crippen LogP contribution in [0.5, 0.6) is 11.5 Å². The molecule has 1 heterocycles. The molecule has 2 aromatic carbocycles. The van der Waals surface area contributed by atoms with Crippen LogP contribution < -0.4 is 11.2 Å². The SMILES string of the molecule is CCCCCCN(NCCc1ccc2nc(N)sc2c1)C1CCc2c(ccc(O)c2O)C1.Cl.Cl.Cl. The highest BCUT2D eigenvalue weighted by atomic mass is 35.5. The summed E-state index contributed by atoms with van der Waals surface area (Å²) in [5.74, 6) is 0.0407. The molecule has 5 N–H and O–H groups in total. The molecule has 10 heteroatoms. The van der Waals surface area contributed by atoms with Gasteiger partial charge in [0.25, 0.3) is 0 Å². The van der Waals surface area contributed by atoms with Crippen molar-refractivity contribution in [3.63, 3.8) is 0 Å². The van der Waals surface area contributed by atoms with Crippen LogP contribution in [0.4, 0.5) is 5.13 Å². The fourth-order valence-electron chi connectivity index (χ4n) is 4.65. The van der Waals surface area contributed by atoms with Crippen molar-refractivity contribution >= 4 is 63.9 Å². The Hall–Kier alpha value is -1.48. The average molecular weight is 564 g/mol. The van der Waals surface area contributed by atoms with Crippen molar-refractivity contribution < 1.29 is 10.2 Å². The molecular weight excluding hydrogens is 527 g/mol. The Morgan fingerprint density at radius 3 is 2.69 bits per heavy atom. The number of hydrogen-bond donors (Lipinski definition) is 4. The fourth-order valence-corrected chi connectivity index (χ4v) is 5.45. The monoisotopic (exact) mass is 562 g/mol. The molecule has 0 aliphatic heterocycles. The molecule has 0 fully saturated rings. The van der Waals surface area contributed by atoms with Crippen molar-refractivity contribution in [1.82, 2.24) is 15.4 Å². The largest absolute Gasteiger partial charge is 0.504 e. The Balaban J connectivity index is 0.00000204. The van der Waals surface area contributed by atoms with Crippen LogP contribution in [0, 0.1) is 0 Å². The highest BCUT2D eigenvalue weighted by Crippen LogP contribution is 2.36. The van der Waals surface area contributed by atoms with E-state index in [2.05, 4.69) is 40.5 Å². The van der Waals surface area contributed by atoms with Gasteiger partial charge in [0.05, 0.1) is 10.2 Å². The molecule has 1 unspecified atom stereocenters. The van der Waals surface area contributed by atoms with Crippen LogP contribution in [0.25, 0.3) is 10.2 Å². The minimum absolute atomic E-state index is 0. The molecule has 0 amide bonds. The first-order valence-corrected chi connectivity index (χ1v) is 12.5. The standard InChI is InChI=1S/C25H34N4O2S.3ClH/c1-2-3-4-5-14-29(19-8-9-20-18(16-19)7-11-22(30)24(20)31)27-13-12-17-6-10-21-23(15-17)32-25(26)28-21;;;/h6-7,10-11,15,19,27,30-31H,2-5,8-9,12-14,16H2,1H3,(H2,26,28);3*1H. The summed E-state index contributed by atoms with van der Waals surface area (Å²) in [4.78, 5) is 4.34. The zero-order chi connectivity index (χ0) is 22.5. The number of hydrogen-bond acceptors (Lipinski definition) is 7. The van der Waals surface area contributed by atoms with Crippen molar-refractivity contribution in [2.45, 2.75) is 64.3 Å². The number of nitrogens with zero attached hydrogens (tertiary/aromatic N) is 2. The number of nitrogens with two attached hydrogens (primary N) is 1. The number of aromatic hydroxyl groups is 2. The summed E-state index contributed by atoms with van der Waals surface area (Å²) in [6.45, 7) is 4.13. The number of aromatic nitrogens is 1. The van der Waals surface area contributed by atoms with E-state index in [1.165, 1.54) is 42.6 Å². The summed E-state index contributed by atoms with van der Waals surface area (Å²) < 4.78 is 1.14. The predicted octanol–water partition coefficient (Wildman–Crippen LogP) is 6.04. The number of phenols is 2. The Bertz CT molecular complexity index is 1070. The summed E-state index contributed by atoms with van der Waals surface area (Å²) >= 11 is 1.54. The molecule has 4 rings (SSSR count). The minimum Gasteiger partial charge on any atom is -0.504 e.